The van der Waals surface area contributed by atoms with Gasteiger partial charge >= 0.3 is 12.0 Å². The minimum atomic E-state index is -0.802. The van der Waals surface area contributed by atoms with E-state index >= 15 is 0 Å². The quantitative estimate of drug-likeness (QED) is 0.895. The minimum absolute atomic E-state index is 0.0733. The summed E-state index contributed by atoms with van der Waals surface area (Å²) in [5.41, 5.74) is 1.60. The summed E-state index contributed by atoms with van der Waals surface area (Å²) in [5.74, 6) is -0.802. The average Bonchev–Trinajstić information content (AvgIpc) is 2.77. The number of likely N-dealkylation sites (tertiary alicyclic amines) is 1. The predicted octanol–water partition coefficient (Wildman–Crippen LogP) is 3.11. The Morgan fingerprint density at radius 3 is 2.48 bits per heavy atom. The molecule has 0 aliphatic carbocycles. The number of amides is 2. The first-order valence-electron chi connectivity index (χ1n) is 7.28. The first-order valence-corrected chi connectivity index (χ1v) is 7.28. The van der Waals surface area contributed by atoms with Crippen LogP contribution in [-0.4, -0.2) is 34.1 Å². The van der Waals surface area contributed by atoms with E-state index in [-0.39, 0.29) is 18.0 Å². The van der Waals surface area contributed by atoms with Crippen molar-refractivity contribution in [1.82, 2.24) is 4.90 Å². The molecule has 21 heavy (non-hydrogen) atoms. The van der Waals surface area contributed by atoms with E-state index in [9.17, 15) is 9.59 Å². The van der Waals surface area contributed by atoms with E-state index in [1.54, 1.807) is 0 Å². The van der Waals surface area contributed by atoms with Crippen molar-refractivity contribution in [2.75, 3.05) is 11.9 Å². The highest BCUT2D eigenvalue weighted by Crippen LogP contribution is 2.28. The summed E-state index contributed by atoms with van der Waals surface area (Å²) in [6.07, 6.45) is 2.68. The maximum atomic E-state index is 12.3. The van der Waals surface area contributed by atoms with Crippen LogP contribution in [0.4, 0.5) is 10.5 Å². The van der Waals surface area contributed by atoms with Gasteiger partial charge in [-0.3, -0.25) is 4.79 Å². The Morgan fingerprint density at radius 2 is 1.95 bits per heavy atom. The maximum Gasteiger partial charge on any atom is 0.322 e. The van der Waals surface area contributed by atoms with Crippen LogP contribution >= 0.6 is 0 Å². The van der Waals surface area contributed by atoms with E-state index in [0.717, 1.165) is 30.6 Å². The third kappa shape index (κ3) is 3.97. The van der Waals surface area contributed by atoms with Gasteiger partial charge in [-0.1, -0.05) is 12.1 Å². The Bertz CT molecular complexity index is 523. The molecule has 1 aliphatic heterocycles. The fourth-order valence-corrected chi connectivity index (χ4v) is 2.68. The molecule has 5 heteroatoms. The van der Waals surface area contributed by atoms with Crippen molar-refractivity contribution < 1.29 is 14.7 Å². The van der Waals surface area contributed by atoms with Crippen LogP contribution in [0.5, 0.6) is 0 Å². The zero-order valence-corrected chi connectivity index (χ0v) is 12.6. The van der Waals surface area contributed by atoms with Crippen LogP contribution in [0.3, 0.4) is 0 Å². The van der Waals surface area contributed by atoms with Crippen molar-refractivity contribution in [3.8, 4) is 0 Å². The summed E-state index contributed by atoms with van der Waals surface area (Å²) in [6, 6.07) is 7.27. The smallest absolute Gasteiger partial charge is 0.322 e. The standard InChI is InChI=1S/C16H22N2O3/c1-16(2)10-3-11-18(16)15(21)17-13-7-4-12(5-8-13)6-9-14(19)20/h4-5,7-8H,3,6,9-11H2,1-2H3,(H,17,21)(H,19,20). The molecular weight excluding hydrogens is 268 g/mol. The number of hydrogen-bond acceptors (Lipinski definition) is 2. The fourth-order valence-electron chi connectivity index (χ4n) is 2.68. The molecule has 1 aliphatic rings. The lowest BCUT2D eigenvalue weighted by Gasteiger charge is -2.31. The second kappa shape index (κ2) is 6.16. The van der Waals surface area contributed by atoms with Crippen LogP contribution in [0.2, 0.25) is 0 Å². The summed E-state index contributed by atoms with van der Waals surface area (Å²) in [6.45, 7) is 4.94. The van der Waals surface area contributed by atoms with Gasteiger partial charge < -0.3 is 15.3 Å². The summed E-state index contributed by atoms with van der Waals surface area (Å²) < 4.78 is 0. The predicted molar refractivity (Wildman–Crippen MR) is 81.4 cm³/mol. The van der Waals surface area contributed by atoms with Gasteiger partial charge in [0.25, 0.3) is 0 Å². The second-order valence-corrected chi connectivity index (χ2v) is 6.09. The van der Waals surface area contributed by atoms with Gasteiger partial charge in [-0.2, -0.15) is 0 Å². The third-order valence-corrected chi connectivity index (χ3v) is 3.98. The maximum absolute atomic E-state index is 12.3. The number of aryl methyl sites for hydroxylation is 1. The number of urea groups is 1. The van der Waals surface area contributed by atoms with Crippen LogP contribution in [0.15, 0.2) is 24.3 Å². The summed E-state index contributed by atoms with van der Waals surface area (Å²) in [4.78, 5) is 24.7. The van der Waals surface area contributed by atoms with Crippen molar-refractivity contribution >= 4 is 17.7 Å². The molecule has 1 fully saturated rings. The number of rotatable bonds is 4. The number of carboxylic acid groups (broad SMARTS) is 1. The molecule has 114 valence electrons. The van der Waals surface area contributed by atoms with E-state index in [1.165, 1.54) is 0 Å². The molecule has 2 amide bonds. The molecule has 5 nitrogen and oxygen atoms in total. The van der Waals surface area contributed by atoms with Crippen molar-refractivity contribution in [2.45, 2.75) is 45.1 Å². The number of aliphatic carboxylic acids is 1. The van der Waals surface area contributed by atoms with Gasteiger partial charge in [0.2, 0.25) is 0 Å². The number of carbonyl (C=O) groups is 2. The molecular formula is C16H22N2O3. The van der Waals surface area contributed by atoms with Gasteiger partial charge in [0.15, 0.2) is 0 Å². The van der Waals surface area contributed by atoms with Gasteiger partial charge in [0, 0.05) is 24.2 Å². The summed E-state index contributed by atoms with van der Waals surface area (Å²) in [7, 11) is 0. The lowest BCUT2D eigenvalue weighted by atomic mass is 10.0. The number of carboxylic acids is 1. The molecule has 0 radical (unpaired) electrons. The largest absolute Gasteiger partial charge is 0.481 e. The molecule has 2 N–H and O–H groups in total. The Morgan fingerprint density at radius 1 is 1.29 bits per heavy atom. The minimum Gasteiger partial charge on any atom is -0.481 e. The number of nitrogens with one attached hydrogen (secondary N) is 1. The molecule has 1 aromatic rings. The highest BCUT2D eigenvalue weighted by molar-refractivity contribution is 5.90. The first-order chi connectivity index (χ1) is 9.88. The van der Waals surface area contributed by atoms with Crippen LogP contribution in [0.25, 0.3) is 0 Å². The lowest BCUT2D eigenvalue weighted by molar-refractivity contribution is -0.136. The van der Waals surface area contributed by atoms with Crippen LogP contribution in [0, 0.1) is 0 Å². The molecule has 0 bridgehead atoms. The highest BCUT2D eigenvalue weighted by atomic mass is 16.4. The SMILES string of the molecule is CC1(C)CCCN1C(=O)Nc1ccc(CCC(=O)O)cc1. The zero-order valence-electron chi connectivity index (χ0n) is 12.6. The lowest BCUT2D eigenvalue weighted by Crippen LogP contribution is -2.44. The van der Waals surface area contributed by atoms with Gasteiger partial charge in [0.1, 0.15) is 0 Å². The number of nitrogens with zero attached hydrogens (tertiary/aromatic N) is 1. The van der Waals surface area contributed by atoms with E-state index in [4.69, 9.17) is 5.11 Å². The van der Waals surface area contributed by atoms with Crippen molar-refractivity contribution in [1.29, 1.82) is 0 Å². The fraction of sp³-hybridized carbons (Fsp3) is 0.500. The molecule has 0 unspecified atom stereocenters. The molecule has 2 rings (SSSR count). The number of hydrogen-bond donors (Lipinski definition) is 2. The Labute approximate surface area is 125 Å². The molecule has 1 heterocycles. The monoisotopic (exact) mass is 290 g/mol. The third-order valence-electron chi connectivity index (χ3n) is 3.98. The highest BCUT2D eigenvalue weighted by Gasteiger charge is 2.35. The van der Waals surface area contributed by atoms with Crippen LogP contribution < -0.4 is 5.32 Å². The summed E-state index contributed by atoms with van der Waals surface area (Å²) in [5, 5.41) is 11.6. The molecule has 0 spiro atoms. The van der Waals surface area contributed by atoms with E-state index in [0.29, 0.717) is 6.42 Å². The molecule has 0 saturated carbocycles. The normalized spacial score (nSPS) is 16.8. The number of anilines is 1. The molecule has 1 aromatic carbocycles. The molecule has 0 aromatic heterocycles. The molecule has 1 saturated heterocycles. The van der Waals surface area contributed by atoms with Crippen molar-refractivity contribution in [2.24, 2.45) is 0 Å². The van der Waals surface area contributed by atoms with Gasteiger partial charge in [-0.25, -0.2) is 4.79 Å². The van der Waals surface area contributed by atoms with E-state index in [2.05, 4.69) is 19.2 Å². The average molecular weight is 290 g/mol. The van der Waals surface area contributed by atoms with Gasteiger partial charge in [0.05, 0.1) is 0 Å². The number of benzene rings is 1. The van der Waals surface area contributed by atoms with Crippen LogP contribution in [0.1, 0.15) is 38.7 Å². The van der Waals surface area contributed by atoms with E-state index in [1.807, 2.05) is 29.2 Å². The van der Waals surface area contributed by atoms with Crippen molar-refractivity contribution in [3.05, 3.63) is 29.8 Å². The van der Waals surface area contributed by atoms with E-state index < -0.39 is 5.97 Å². The molecule has 0 atom stereocenters. The Kier molecular flexibility index (Phi) is 4.50. The van der Waals surface area contributed by atoms with Crippen LogP contribution in [-0.2, 0) is 11.2 Å². The number of carbonyl (C=O) groups excluding carboxylic acids is 1. The van der Waals surface area contributed by atoms with Gasteiger partial charge in [-0.15, -0.1) is 0 Å². The summed E-state index contributed by atoms with van der Waals surface area (Å²) >= 11 is 0. The topological polar surface area (TPSA) is 69.6 Å². The Hall–Kier alpha value is -2.04. The Balaban J connectivity index is 1.94. The van der Waals surface area contributed by atoms with Crippen molar-refractivity contribution in [3.63, 3.8) is 0 Å². The first kappa shape index (κ1) is 15.4. The van der Waals surface area contributed by atoms with Gasteiger partial charge in [-0.05, 0) is 50.8 Å². The zero-order chi connectivity index (χ0) is 15.5. The second-order valence-electron chi connectivity index (χ2n) is 6.09.